The highest BCUT2D eigenvalue weighted by Crippen LogP contribution is 1.91. The van der Waals surface area contributed by atoms with Crippen LogP contribution in [0, 0.1) is 0 Å². The minimum absolute atomic E-state index is 0.226. The van der Waals surface area contributed by atoms with Gasteiger partial charge in [-0.15, -0.1) is 0 Å². The van der Waals surface area contributed by atoms with E-state index in [4.69, 9.17) is 5.73 Å². The van der Waals surface area contributed by atoms with Gasteiger partial charge in [0, 0.05) is 25.0 Å². The van der Waals surface area contributed by atoms with E-state index in [9.17, 15) is 4.79 Å². The minimum atomic E-state index is -0.226. The second kappa shape index (κ2) is 3.30. The Balaban J connectivity index is 3.24. The molecule has 1 aromatic heterocycles. The number of aromatic nitrogens is 2. The standard InChI is InChI=1S/C7H11N3O/c1-2-10-6(5-8)3-4-9-7(10)11/h3-4H,2,5,8H2,1H3. The molecule has 2 N–H and O–H groups in total. The Morgan fingerprint density at radius 1 is 1.73 bits per heavy atom. The molecule has 0 fully saturated rings. The van der Waals surface area contributed by atoms with E-state index < -0.39 is 0 Å². The summed E-state index contributed by atoms with van der Waals surface area (Å²) in [7, 11) is 0. The first-order valence-electron chi connectivity index (χ1n) is 3.54. The molecule has 0 saturated heterocycles. The molecule has 0 unspecified atom stereocenters. The Labute approximate surface area is 64.7 Å². The molecule has 0 radical (unpaired) electrons. The molecule has 0 aliphatic carbocycles. The number of hydrogen-bond donors (Lipinski definition) is 1. The SMILES string of the molecule is CCn1c(CN)ccnc1=O. The van der Waals surface area contributed by atoms with E-state index in [1.54, 1.807) is 10.6 Å². The number of rotatable bonds is 2. The molecule has 0 aromatic carbocycles. The average molecular weight is 153 g/mol. The average Bonchev–Trinajstić information content (AvgIpc) is 2.04. The van der Waals surface area contributed by atoms with E-state index in [-0.39, 0.29) is 5.69 Å². The summed E-state index contributed by atoms with van der Waals surface area (Å²) in [5.41, 5.74) is 6.01. The summed E-state index contributed by atoms with van der Waals surface area (Å²) >= 11 is 0. The fourth-order valence-electron chi connectivity index (χ4n) is 0.986. The van der Waals surface area contributed by atoms with Crippen LogP contribution >= 0.6 is 0 Å². The summed E-state index contributed by atoms with van der Waals surface area (Å²) in [6, 6.07) is 1.75. The molecule has 0 spiro atoms. The first-order chi connectivity index (χ1) is 5.29. The van der Waals surface area contributed by atoms with Crippen LogP contribution in [0.1, 0.15) is 12.6 Å². The molecule has 0 aliphatic heterocycles. The van der Waals surface area contributed by atoms with Crippen molar-refractivity contribution in [1.82, 2.24) is 9.55 Å². The fourth-order valence-corrected chi connectivity index (χ4v) is 0.986. The van der Waals surface area contributed by atoms with E-state index >= 15 is 0 Å². The van der Waals surface area contributed by atoms with Crippen molar-refractivity contribution < 1.29 is 0 Å². The van der Waals surface area contributed by atoms with Gasteiger partial charge in [-0.2, -0.15) is 0 Å². The Kier molecular flexibility index (Phi) is 2.38. The molecule has 0 bridgehead atoms. The van der Waals surface area contributed by atoms with Gasteiger partial charge in [0.2, 0.25) is 0 Å². The van der Waals surface area contributed by atoms with Gasteiger partial charge in [0.05, 0.1) is 0 Å². The Bertz CT molecular complexity index is 292. The zero-order valence-corrected chi connectivity index (χ0v) is 6.45. The van der Waals surface area contributed by atoms with Crippen LogP contribution in [0.5, 0.6) is 0 Å². The van der Waals surface area contributed by atoms with Crippen molar-refractivity contribution in [2.75, 3.05) is 0 Å². The van der Waals surface area contributed by atoms with E-state index in [0.717, 1.165) is 5.69 Å². The number of hydrogen-bond acceptors (Lipinski definition) is 3. The van der Waals surface area contributed by atoms with Crippen LogP contribution in [0.25, 0.3) is 0 Å². The van der Waals surface area contributed by atoms with E-state index in [2.05, 4.69) is 4.98 Å². The molecule has 4 heteroatoms. The minimum Gasteiger partial charge on any atom is -0.325 e. The molecule has 1 aromatic rings. The van der Waals surface area contributed by atoms with Crippen molar-refractivity contribution in [1.29, 1.82) is 0 Å². The molecule has 1 rings (SSSR count). The van der Waals surface area contributed by atoms with Crippen LogP contribution in [0.3, 0.4) is 0 Å². The van der Waals surface area contributed by atoms with Gasteiger partial charge in [-0.1, -0.05) is 0 Å². The third kappa shape index (κ3) is 1.46. The Morgan fingerprint density at radius 3 is 2.91 bits per heavy atom. The van der Waals surface area contributed by atoms with Gasteiger partial charge in [0.1, 0.15) is 0 Å². The smallest absolute Gasteiger partial charge is 0.325 e. The molecule has 1 heterocycles. The number of nitrogens with zero attached hydrogens (tertiary/aromatic N) is 2. The highest BCUT2D eigenvalue weighted by molar-refractivity contribution is 4.99. The molecule has 0 aliphatic rings. The van der Waals surface area contributed by atoms with Crippen LogP contribution in [-0.4, -0.2) is 9.55 Å². The maximum Gasteiger partial charge on any atom is 0.347 e. The summed E-state index contributed by atoms with van der Waals surface area (Å²) in [4.78, 5) is 14.6. The summed E-state index contributed by atoms with van der Waals surface area (Å²) in [6.07, 6.45) is 1.48. The van der Waals surface area contributed by atoms with Crippen LogP contribution < -0.4 is 11.4 Å². The van der Waals surface area contributed by atoms with E-state index in [1.165, 1.54) is 6.20 Å². The van der Waals surface area contributed by atoms with E-state index in [0.29, 0.717) is 13.1 Å². The lowest BCUT2D eigenvalue weighted by Crippen LogP contribution is -2.25. The monoisotopic (exact) mass is 153 g/mol. The van der Waals surface area contributed by atoms with Crippen molar-refractivity contribution >= 4 is 0 Å². The van der Waals surface area contributed by atoms with Crippen molar-refractivity contribution in [3.63, 3.8) is 0 Å². The third-order valence-electron chi connectivity index (χ3n) is 1.55. The first-order valence-corrected chi connectivity index (χ1v) is 3.54. The quantitative estimate of drug-likeness (QED) is 0.635. The third-order valence-corrected chi connectivity index (χ3v) is 1.55. The zero-order valence-electron chi connectivity index (χ0n) is 6.45. The maximum absolute atomic E-state index is 11.0. The van der Waals surface area contributed by atoms with Crippen molar-refractivity contribution in [3.05, 3.63) is 28.4 Å². The van der Waals surface area contributed by atoms with Crippen molar-refractivity contribution in [2.24, 2.45) is 5.73 Å². The van der Waals surface area contributed by atoms with Gasteiger partial charge < -0.3 is 5.73 Å². The summed E-state index contributed by atoms with van der Waals surface area (Å²) in [5, 5.41) is 0. The predicted molar refractivity (Wildman–Crippen MR) is 42.1 cm³/mol. The summed E-state index contributed by atoms with van der Waals surface area (Å²) in [6.45, 7) is 2.90. The van der Waals surface area contributed by atoms with Crippen LogP contribution in [0.15, 0.2) is 17.1 Å². The molecular formula is C7H11N3O. The number of nitrogens with two attached hydrogens (primary N) is 1. The molecule has 0 saturated carbocycles. The fraction of sp³-hybridized carbons (Fsp3) is 0.429. The summed E-state index contributed by atoms with van der Waals surface area (Å²) < 4.78 is 1.56. The van der Waals surface area contributed by atoms with Gasteiger partial charge in [-0.3, -0.25) is 4.57 Å². The highest BCUT2D eigenvalue weighted by atomic mass is 16.1. The zero-order chi connectivity index (χ0) is 8.27. The first kappa shape index (κ1) is 7.94. The molecule has 11 heavy (non-hydrogen) atoms. The van der Waals surface area contributed by atoms with Gasteiger partial charge in [0.15, 0.2) is 0 Å². The molecule has 0 atom stereocenters. The Morgan fingerprint density at radius 2 is 2.45 bits per heavy atom. The molecule has 4 nitrogen and oxygen atoms in total. The second-order valence-electron chi connectivity index (χ2n) is 2.17. The lowest BCUT2D eigenvalue weighted by Gasteiger charge is -2.05. The van der Waals surface area contributed by atoms with Crippen molar-refractivity contribution in [3.8, 4) is 0 Å². The lowest BCUT2D eigenvalue weighted by molar-refractivity contribution is 0.652. The highest BCUT2D eigenvalue weighted by Gasteiger charge is 1.98. The van der Waals surface area contributed by atoms with E-state index in [1.807, 2.05) is 6.92 Å². The normalized spacial score (nSPS) is 10.0. The summed E-state index contributed by atoms with van der Waals surface area (Å²) in [5.74, 6) is 0. The van der Waals surface area contributed by atoms with Crippen LogP contribution in [0.2, 0.25) is 0 Å². The van der Waals surface area contributed by atoms with Gasteiger partial charge >= 0.3 is 5.69 Å². The van der Waals surface area contributed by atoms with Gasteiger partial charge in [0.25, 0.3) is 0 Å². The van der Waals surface area contributed by atoms with Gasteiger partial charge in [-0.05, 0) is 13.0 Å². The van der Waals surface area contributed by atoms with Crippen LogP contribution in [0.4, 0.5) is 0 Å². The predicted octanol–water partition coefficient (Wildman–Crippen LogP) is -0.278. The van der Waals surface area contributed by atoms with Crippen LogP contribution in [-0.2, 0) is 13.1 Å². The van der Waals surface area contributed by atoms with Crippen molar-refractivity contribution in [2.45, 2.75) is 20.0 Å². The van der Waals surface area contributed by atoms with Gasteiger partial charge in [-0.25, -0.2) is 9.78 Å². The largest absolute Gasteiger partial charge is 0.347 e. The molecule has 60 valence electrons. The molecular weight excluding hydrogens is 142 g/mol. The lowest BCUT2D eigenvalue weighted by atomic mass is 10.4. The molecule has 0 amide bonds. The Hall–Kier alpha value is -1.16. The second-order valence-corrected chi connectivity index (χ2v) is 2.17. The topological polar surface area (TPSA) is 60.9 Å². The maximum atomic E-state index is 11.0.